The topological polar surface area (TPSA) is 99.9 Å². The van der Waals surface area contributed by atoms with Crippen LogP contribution in [0.3, 0.4) is 0 Å². The van der Waals surface area contributed by atoms with Crippen LogP contribution in [0.1, 0.15) is 52.6 Å². The summed E-state index contributed by atoms with van der Waals surface area (Å²) in [5, 5.41) is 0. The first kappa shape index (κ1) is 33.2. The van der Waals surface area contributed by atoms with Gasteiger partial charge in [-0.2, -0.15) is 22.5 Å². The summed E-state index contributed by atoms with van der Waals surface area (Å²) in [7, 11) is -3.70. The maximum Gasteiger partial charge on any atom is 0.437 e. The molecule has 0 aliphatic carbocycles. The van der Waals surface area contributed by atoms with Gasteiger partial charge in [0.15, 0.2) is 5.69 Å². The van der Waals surface area contributed by atoms with Crippen LogP contribution in [-0.2, 0) is 22.6 Å². The molecular formula is C33H33BrF3N5O4S. The predicted octanol–water partition coefficient (Wildman–Crippen LogP) is 6.56. The summed E-state index contributed by atoms with van der Waals surface area (Å²) >= 11 is 3.33. The molecule has 0 unspecified atom stereocenters. The number of pyridine rings is 1. The fourth-order valence-corrected chi connectivity index (χ4v) is 8.52. The van der Waals surface area contributed by atoms with Crippen LogP contribution in [0.5, 0.6) is 0 Å². The van der Waals surface area contributed by atoms with E-state index in [1.54, 1.807) is 41.3 Å². The summed E-state index contributed by atoms with van der Waals surface area (Å²) in [4.78, 5) is 25.2. The number of hydrogen-bond acceptors (Lipinski definition) is 8. The normalized spacial score (nSPS) is 17.1. The van der Waals surface area contributed by atoms with Crippen LogP contribution in [0.2, 0.25) is 0 Å². The number of benzene rings is 2. The molecule has 2 aromatic heterocycles. The summed E-state index contributed by atoms with van der Waals surface area (Å²) in [5.74, 6) is -0.773. The molecule has 6 rings (SSSR count). The van der Waals surface area contributed by atoms with E-state index in [-0.39, 0.29) is 23.9 Å². The number of sulfonamides is 1. The molecule has 0 radical (unpaired) electrons. The molecule has 0 N–H and O–H groups in total. The summed E-state index contributed by atoms with van der Waals surface area (Å²) in [6.07, 6.45) is -1.73. The maximum absolute atomic E-state index is 14.0. The van der Waals surface area contributed by atoms with Crippen molar-refractivity contribution in [2.45, 2.75) is 42.7 Å². The molecule has 0 bridgehead atoms. The lowest BCUT2D eigenvalue weighted by Gasteiger charge is -2.31. The Balaban J connectivity index is 1.10. The van der Waals surface area contributed by atoms with Crippen LogP contribution in [-0.4, -0.2) is 67.7 Å². The zero-order chi connectivity index (χ0) is 33.2. The van der Waals surface area contributed by atoms with Crippen LogP contribution in [0.15, 0.2) is 86.7 Å². The van der Waals surface area contributed by atoms with Crippen LogP contribution >= 0.6 is 15.9 Å². The molecular weight excluding hydrogens is 699 g/mol. The lowest BCUT2D eigenvalue weighted by molar-refractivity contribution is -0.141. The van der Waals surface area contributed by atoms with Gasteiger partial charge in [-0.3, -0.25) is 4.79 Å². The monoisotopic (exact) mass is 731 g/mol. The summed E-state index contributed by atoms with van der Waals surface area (Å²) in [5.41, 5.74) is 0.286. The molecule has 47 heavy (non-hydrogen) atoms. The van der Waals surface area contributed by atoms with E-state index in [9.17, 15) is 26.4 Å². The molecule has 0 saturated carbocycles. The molecule has 14 heteroatoms. The van der Waals surface area contributed by atoms with E-state index < -0.39 is 33.4 Å². The highest BCUT2D eigenvalue weighted by molar-refractivity contribution is 9.10. The largest absolute Gasteiger partial charge is 0.437 e. The van der Waals surface area contributed by atoms with Crippen molar-refractivity contribution in [3.8, 4) is 0 Å². The highest BCUT2D eigenvalue weighted by Gasteiger charge is 2.42. The summed E-state index contributed by atoms with van der Waals surface area (Å²) in [6.45, 7) is 2.47. The number of rotatable bonds is 8. The second kappa shape index (κ2) is 13.8. The number of piperidine rings is 1. The average Bonchev–Trinajstić information content (AvgIpc) is 3.38. The van der Waals surface area contributed by atoms with Gasteiger partial charge in [0.25, 0.3) is 6.01 Å². The Hall–Kier alpha value is -3.75. The quantitative estimate of drug-likeness (QED) is 0.188. The first-order valence-corrected chi connectivity index (χ1v) is 17.6. The smallest absolute Gasteiger partial charge is 0.420 e. The van der Waals surface area contributed by atoms with Gasteiger partial charge in [0, 0.05) is 56.4 Å². The van der Waals surface area contributed by atoms with E-state index in [1.807, 2.05) is 35.2 Å². The third kappa shape index (κ3) is 7.39. The fraction of sp³-hybridized carbons (Fsp3) is 0.364. The molecule has 2 fully saturated rings. The van der Waals surface area contributed by atoms with Crippen molar-refractivity contribution in [1.29, 1.82) is 0 Å². The number of alkyl halides is 3. The van der Waals surface area contributed by atoms with E-state index in [0.29, 0.717) is 60.9 Å². The first-order chi connectivity index (χ1) is 22.5. The number of oxazole rings is 1. The van der Waals surface area contributed by atoms with Gasteiger partial charge in [-0.1, -0.05) is 48.5 Å². The number of carbonyl (C=O) groups excluding carboxylic acids is 1. The van der Waals surface area contributed by atoms with Crippen molar-refractivity contribution >= 4 is 43.6 Å². The second-order valence-electron chi connectivity index (χ2n) is 11.6. The van der Waals surface area contributed by atoms with E-state index in [4.69, 9.17) is 4.42 Å². The molecule has 2 aromatic carbocycles. The lowest BCUT2D eigenvalue weighted by Crippen LogP contribution is -2.35. The van der Waals surface area contributed by atoms with Gasteiger partial charge in [-0.25, -0.2) is 13.4 Å². The molecule has 0 spiro atoms. The second-order valence-corrected chi connectivity index (χ2v) is 14.4. The Labute approximate surface area is 279 Å². The van der Waals surface area contributed by atoms with Crippen molar-refractivity contribution in [1.82, 2.24) is 14.3 Å². The number of ketones is 1. The van der Waals surface area contributed by atoms with E-state index >= 15 is 0 Å². The minimum Gasteiger partial charge on any atom is -0.420 e. The third-order valence-corrected chi connectivity index (χ3v) is 11.5. The number of hydrogen-bond donors (Lipinski definition) is 0. The van der Waals surface area contributed by atoms with Gasteiger partial charge >= 0.3 is 6.18 Å². The fourth-order valence-electron chi connectivity index (χ4n) is 6.08. The number of carbonyl (C=O) groups is 1. The van der Waals surface area contributed by atoms with Gasteiger partial charge in [0.2, 0.25) is 21.6 Å². The van der Waals surface area contributed by atoms with E-state index in [0.717, 1.165) is 12.8 Å². The van der Waals surface area contributed by atoms with Gasteiger partial charge in [-0.15, -0.1) is 0 Å². The highest BCUT2D eigenvalue weighted by Crippen LogP contribution is 2.37. The minimum absolute atomic E-state index is 0.197. The molecule has 248 valence electrons. The zero-order valence-corrected chi connectivity index (χ0v) is 27.8. The Morgan fingerprint density at radius 2 is 1.62 bits per heavy atom. The molecule has 0 amide bonds. The van der Waals surface area contributed by atoms with Gasteiger partial charge in [0.1, 0.15) is 5.82 Å². The van der Waals surface area contributed by atoms with Crippen LogP contribution in [0.25, 0.3) is 0 Å². The van der Waals surface area contributed by atoms with Crippen molar-refractivity contribution < 1.29 is 30.8 Å². The lowest BCUT2D eigenvalue weighted by atomic mass is 9.90. The highest BCUT2D eigenvalue weighted by atomic mass is 79.9. The Morgan fingerprint density at radius 1 is 0.894 bits per heavy atom. The Bertz CT molecular complexity index is 1810. The maximum atomic E-state index is 14.0. The average molecular weight is 733 g/mol. The molecule has 2 saturated heterocycles. The van der Waals surface area contributed by atoms with Crippen LogP contribution < -0.4 is 9.80 Å². The Kier molecular flexibility index (Phi) is 9.72. The number of halogens is 4. The van der Waals surface area contributed by atoms with Gasteiger partial charge < -0.3 is 14.2 Å². The Morgan fingerprint density at radius 3 is 2.30 bits per heavy atom. The number of Topliss-reactive ketones (excluding diaryl/α,β-unsaturated/α-hetero) is 1. The zero-order valence-electron chi connectivity index (χ0n) is 25.4. The van der Waals surface area contributed by atoms with Crippen molar-refractivity contribution in [3.63, 3.8) is 0 Å². The number of aromatic nitrogens is 2. The third-order valence-electron chi connectivity index (χ3n) is 8.58. The van der Waals surface area contributed by atoms with E-state index in [2.05, 4.69) is 25.9 Å². The molecule has 2 aliphatic heterocycles. The van der Waals surface area contributed by atoms with Crippen LogP contribution in [0, 0.1) is 0 Å². The minimum atomic E-state index is -4.86. The number of anilines is 2. The van der Waals surface area contributed by atoms with Crippen LogP contribution in [0.4, 0.5) is 25.0 Å². The molecule has 4 heterocycles. The van der Waals surface area contributed by atoms with Gasteiger partial charge in [0.05, 0.1) is 4.90 Å². The molecule has 0 atom stereocenters. The molecule has 9 nitrogen and oxygen atoms in total. The predicted molar refractivity (Wildman–Crippen MR) is 174 cm³/mol. The first-order valence-electron chi connectivity index (χ1n) is 15.4. The van der Waals surface area contributed by atoms with Crippen molar-refractivity contribution in [2.24, 2.45) is 0 Å². The molecule has 2 aliphatic rings. The standard InChI is InChI=1S/C33H33BrF3N5O4S/c34-26-9-4-5-10-28(26)47(44,45)42-16-6-15-40(19-20-42)29-12-11-23(22-38-29)21-27(43)30-31(33(35,36)37)39-32(46-30)41-17-13-25(14-18-41)24-7-2-1-3-8-24/h1-5,7-12,22,25H,6,13-21H2. The summed E-state index contributed by atoms with van der Waals surface area (Å²) in [6, 6.07) is 19.8. The number of nitrogens with zero attached hydrogens (tertiary/aromatic N) is 5. The summed E-state index contributed by atoms with van der Waals surface area (Å²) < 4.78 is 75.9. The van der Waals surface area contributed by atoms with Crippen molar-refractivity contribution in [3.05, 3.63) is 100.0 Å². The SMILES string of the molecule is O=C(Cc1ccc(N2CCCN(S(=O)(=O)c3ccccc3Br)CC2)nc1)c1oc(N2CCC(c3ccccc3)CC2)nc1C(F)(F)F. The van der Waals surface area contributed by atoms with Gasteiger partial charge in [-0.05, 0) is 70.4 Å². The van der Waals surface area contributed by atoms with Crippen molar-refractivity contribution in [2.75, 3.05) is 49.1 Å². The molecule has 4 aromatic rings. The van der Waals surface area contributed by atoms with E-state index in [1.165, 1.54) is 16.1 Å².